The lowest BCUT2D eigenvalue weighted by molar-refractivity contribution is -0.118. The number of hydrogen-bond acceptors (Lipinski definition) is 1. The lowest BCUT2D eigenvalue weighted by Gasteiger charge is -1.78. The minimum Gasteiger partial charge on any atom is -0.333 e. The van der Waals surface area contributed by atoms with Crippen molar-refractivity contribution in [1.82, 2.24) is 5.32 Å². The molecule has 1 heterocycles. The van der Waals surface area contributed by atoms with Gasteiger partial charge in [0.1, 0.15) is 0 Å². The highest BCUT2D eigenvalue weighted by molar-refractivity contribution is 5.80. The first-order valence-electron chi connectivity index (χ1n) is 1.84. The summed E-state index contributed by atoms with van der Waals surface area (Å²) < 4.78 is 0. The van der Waals surface area contributed by atoms with E-state index in [9.17, 15) is 4.79 Å². The van der Waals surface area contributed by atoms with Crippen LogP contribution in [-0.4, -0.2) is 5.91 Å². The van der Waals surface area contributed by atoms with Crippen molar-refractivity contribution in [1.29, 1.82) is 0 Å². The van der Waals surface area contributed by atoms with Crippen molar-refractivity contribution in [3.8, 4) is 0 Å². The lowest BCUT2D eigenvalue weighted by atomic mass is 10.5. The van der Waals surface area contributed by atoms with Crippen LogP contribution in [0.15, 0.2) is 12.3 Å². The summed E-state index contributed by atoms with van der Waals surface area (Å²) in [5.41, 5.74) is 0. The molecule has 0 saturated heterocycles. The molecule has 0 fully saturated rings. The highest BCUT2D eigenvalue weighted by atomic mass is 16.1. The Morgan fingerprint density at radius 3 is 3.00 bits per heavy atom. The highest BCUT2D eigenvalue weighted by Crippen LogP contribution is 1.87. The van der Waals surface area contributed by atoms with Gasteiger partial charge < -0.3 is 5.32 Å². The summed E-state index contributed by atoms with van der Waals surface area (Å²) in [6, 6.07) is 0. The Kier molecular flexibility index (Phi) is 0.638. The minimum atomic E-state index is 0. The Hall–Kier alpha value is -0.790. The molecule has 2 heteroatoms. The van der Waals surface area contributed by atoms with Gasteiger partial charge in [-0.25, -0.2) is 0 Å². The maximum Gasteiger partial charge on any atom is 0.227 e. The molecule has 0 spiro atoms. The smallest absolute Gasteiger partial charge is 0.227 e. The maximum absolute atomic E-state index is 10.1. The van der Waals surface area contributed by atoms with Crippen LogP contribution in [0.2, 0.25) is 0 Å². The molecule has 6 heavy (non-hydrogen) atoms. The van der Waals surface area contributed by atoms with Gasteiger partial charge in [-0.15, -0.1) is 0 Å². The summed E-state index contributed by atoms with van der Waals surface area (Å²) >= 11 is 0. The van der Waals surface area contributed by atoms with Gasteiger partial charge in [0.2, 0.25) is 5.91 Å². The summed E-state index contributed by atoms with van der Waals surface area (Å²) in [6.45, 7) is 0. The summed E-state index contributed by atoms with van der Waals surface area (Å²) in [5, 5.41) is 2.50. The van der Waals surface area contributed by atoms with Crippen molar-refractivity contribution in [3.05, 3.63) is 12.3 Å². The SMILES string of the molecule is O=C1CC=CN1.[HH]. The number of carbonyl (C=O) groups excluding carboxylic acids is 1. The molecule has 0 aromatic heterocycles. The number of carbonyl (C=O) groups is 1. The molecule has 34 valence electrons. The Morgan fingerprint density at radius 2 is 2.83 bits per heavy atom. The Labute approximate surface area is 37.3 Å². The largest absolute Gasteiger partial charge is 0.333 e. The van der Waals surface area contributed by atoms with Crippen LogP contribution in [-0.2, 0) is 4.79 Å². The van der Waals surface area contributed by atoms with Gasteiger partial charge in [0, 0.05) is 14.0 Å². The first-order chi connectivity index (χ1) is 2.89. The van der Waals surface area contributed by atoms with Crippen LogP contribution in [0.25, 0.3) is 0 Å². The van der Waals surface area contributed by atoms with Gasteiger partial charge in [-0.05, 0) is 0 Å². The molecule has 0 bridgehead atoms. The lowest BCUT2D eigenvalue weighted by Crippen LogP contribution is -2.08. The molecule has 1 aliphatic heterocycles. The van der Waals surface area contributed by atoms with Crippen LogP contribution < -0.4 is 5.32 Å². The van der Waals surface area contributed by atoms with Gasteiger partial charge in [0.05, 0.1) is 0 Å². The highest BCUT2D eigenvalue weighted by Gasteiger charge is 1.97. The molecule has 2 nitrogen and oxygen atoms in total. The van der Waals surface area contributed by atoms with Crippen LogP contribution >= 0.6 is 0 Å². The zero-order valence-electron chi connectivity index (χ0n) is 3.27. The first-order valence-corrected chi connectivity index (χ1v) is 1.84. The molecule has 0 unspecified atom stereocenters. The van der Waals surface area contributed by atoms with Crippen molar-refractivity contribution >= 4 is 5.91 Å². The summed E-state index contributed by atoms with van der Waals surface area (Å²) in [6.07, 6.45) is 4.00. The first kappa shape index (κ1) is 3.40. The minimum absolute atomic E-state index is 0. The summed E-state index contributed by atoms with van der Waals surface area (Å²) in [5.74, 6) is 0.0926. The molecule has 1 aliphatic rings. The molecule has 0 aromatic carbocycles. The van der Waals surface area contributed by atoms with E-state index >= 15 is 0 Å². The van der Waals surface area contributed by atoms with Crippen LogP contribution in [0, 0.1) is 0 Å². The second-order valence-corrected chi connectivity index (χ2v) is 1.17. The van der Waals surface area contributed by atoms with Crippen LogP contribution in [0.1, 0.15) is 7.85 Å². The molecule has 1 N–H and O–H groups in total. The predicted octanol–water partition coefficient (Wildman–Crippen LogP) is 0.266. The van der Waals surface area contributed by atoms with E-state index in [1.807, 2.05) is 0 Å². The molecule has 1 rings (SSSR count). The van der Waals surface area contributed by atoms with Gasteiger partial charge in [0.25, 0.3) is 0 Å². The summed E-state index contributed by atoms with van der Waals surface area (Å²) in [7, 11) is 0. The van der Waals surface area contributed by atoms with E-state index in [-0.39, 0.29) is 7.33 Å². The fourth-order valence-corrected chi connectivity index (χ4v) is 0.377. The fraction of sp³-hybridized carbons (Fsp3) is 0.250. The third-order valence-corrected chi connectivity index (χ3v) is 0.665. The summed E-state index contributed by atoms with van der Waals surface area (Å²) in [4.78, 5) is 10.1. The maximum atomic E-state index is 10.1. The normalized spacial score (nSPS) is 18.3. The molecule has 0 radical (unpaired) electrons. The van der Waals surface area contributed by atoms with Gasteiger partial charge in [-0.2, -0.15) is 0 Å². The fourth-order valence-electron chi connectivity index (χ4n) is 0.377. The molecule has 0 saturated carbocycles. The molecular formula is C4H7NO. The van der Waals surface area contributed by atoms with Crippen molar-refractivity contribution in [3.63, 3.8) is 0 Å². The van der Waals surface area contributed by atoms with E-state index in [0.29, 0.717) is 6.42 Å². The van der Waals surface area contributed by atoms with E-state index in [1.165, 1.54) is 0 Å². The zero-order chi connectivity index (χ0) is 4.41. The second kappa shape index (κ2) is 1.12. The average Bonchev–Trinajstić information content (AvgIpc) is 1.86. The number of nitrogens with one attached hydrogen (secondary N) is 1. The molecule has 0 aromatic rings. The number of rotatable bonds is 0. The molecule has 0 atom stereocenters. The predicted molar refractivity (Wildman–Crippen MR) is 24.0 cm³/mol. The molecule has 1 amide bonds. The van der Waals surface area contributed by atoms with Crippen LogP contribution in [0.4, 0.5) is 0 Å². The molecule has 0 aliphatic carbocycles. The zero-order valence-corrected chi connectivity index (χ0v) is 3.27. The standard InChI is InChI=1S/C4H5NO.H2/c6-4-2-1-3-5-4;/h1,3H,2H2,(H,5,6);1H. The number of hydrogen-bond donors (Lipinski definition) is 1. The Balaban J connectivity index is 0.000000360. The monoisotopic (exact) mass is 85.1 g/mol. The van der Waals surface area contributed by atoms with Gasteiger partial charge in [-0.3, -0.25) is 4.79 Å². The van der Waals surface area contributed by atoms with E-state index in [2.05, 4.69) is 5.32 Å². The van der Waals surface area contributed by atoms with Crippen molar-refractivity contribution in [2.24, 2.45) is 0 Å². The van der Waals surface area contributed by atoms with Gasteiger partial charge >= 0.3 is 0 Å². The Bertz CT molecular complexity index is 89.9. The Morgan fingerprint density at radius 1 is 2.00 bits per heavy atom. The average molecular weight is 85.1 g/mol. The third kappa shape index (κ3) is 0.407. The van der Waals surface area contributed by atoms with E-state index in [0.717, 1.165) is 0 Å². The van der Waals surface area contributed by atoms with Crippen molar-refractivity contribution in [2.45, 2.75) is 6.42 Å². The second-order valence-electron chi connectivity index (χ2n) is 1.17. The number of amides is 1. The van der Waals surface area contributed by atoms with E-state index < -0.39 is 0 Å². The quantitative estimate of drug-likeness (QED) is 0.449. The van der Waals surface area contributed by atoms with Crippen molar-refractivity contribution < 1.29 is 6.22 Å². The van der Waals surface area contributed by atoms with E-state index in [1.54, 1.807) is 12.3 Å². The van der Waals surface area contributed by atoms with Crippen LogP contribution in [0.3, 0.4) is 0 Å². The third-order valence-electron chi connectivity index (χ3n) is 0.665. The van der Waals surface area contributed by atoms with Gasteiger partial charge in [0.15, 0.2) is 0 Å². The topological polar surface area (TPSA) is 29.1 Å². The van der Waals surface area contributed by atoms with Crippen molar-refractivity contribution in [2.75, 3.05) is 0 Å². The van der Waals surface area contributed by atoms with Gasteiger partial charge in [-0.1, -0.05) is 6.08 Å². The molecular weight excluding hydrogens is 78.0 g/mol. The van der Waals surface area contributed by atoms with Crippen LogP contribution in [0.5, 0.6) is 0 Å². The van der Waals surface area contributed by atoms with E-state index in [4.69, 9.17) is 0 Å².